The molecule has 32 heavy (non-hydrogen) atoms. The van der Waals surface area contributed by atoms with Crippen LogP contribution in [0.5, 0.6) is 0 Å². The monoisotopic (exact) mass is 445 g/mol. The summed E-state index contributed by atoms with van der Waals surface area (Å²) in [7, 11) is 0. The predicted octanol–water partition coefficient (Wildman–Crippen LogP) is 2.16. The van der Waals surface area contributed by atoms with Crippen LogP contribution in [0, 0.1) is 11.6 Å². The maximum absolute atomic E-state index is 13.5. The smallest absolute Gasteiger partial charge is 0.308 e. The van der Waals surface area contributed by atoms with Crippen molar-refractivity contribution in [2.75, 3.05) is 18.5 Å². The zero-order valence-corrected chi connectivity index (χ0v) is 17.0. The average Bonchev–Trinajstić information content (AvgIpc) is 3.56. The van der Waals surface area contributed by atoms with E-state index in [1.807, 2.05) is 0 Å². The number of carbonyl (C=O) groups is 4. The van der Waals surface area contributed by atoms with Gasteiger partial charge in [0.15, 0.2) is 6.61 Å². The molecule has 8 nitrogen and oxygen atoms in total. The minimum Gasteiger partial charge on any atom is -0.456 e. The highest BCUT2D eigenvalue weighted by Gasteiger charge is 2.23. The lowest BCUT2D eigenvalue weighted by atomic mass is 10.2. The SMILES string of the molecule is O=C(COC(=O)CCNC(=O)c1ccc(F)cc1F)Nc1cccc(C(=O)NC2CC2)c1. The fraction of sp³-hybridized carbons (Fsp3) is 0.273. The van der Waals surface area contributed by atoms with Crippen LogP contribution in [-0.2, 0) is 14.3 Å². The summed E-state index contributed by atoms with van der Waals surface area (Å²) in [6.07, 6.45) is 1.67. The fourth-order valence-corrected chi connectivity index (χ4v) is 2.70. The van der Waals surface area contributed by atoms with Gasteiger partial charge in [-0.3, -0.25) is 19.2 Å². The third-order valence-electron chi connectivity index (χ3n) is 4.48. The van der Waals surface area contributed by atoms with Crippen LogP contribution in [0.1, 0.15) is 40.0 Å². The van der Waals surface area contributed by atoms with Gasteiger partial charge in [0.1, 0.15) is 11.6 Å². The van der Waals surface area contributed by atoms with E-state index in [2.05, 4.69) is 16.0 Å². The standard InChI is InChI=1S/C22H21F2N3O5/c23-14-4-7-17(18(24)11-14)22(31)25-9-8-20(29)32-12-19(28)26-16-3-1-2-13(10-16)21(30)27-15-5-6-15/h1-4,7,10-11,15H,5-6,8-9,12H2,(H,25,31)(H,26,28)(H,27,30). The first-order chi connectivity index (χ1) is 15.3. The highest BCUT2D eigenvalue weighted by Crippen LogP contribution is 2.20. The van der Waals surface area contributed by atoms with Crippen LogP contribution in [0.3, 0.4) is 0 Å². The highest BCUT2D eigenvalue weighted by atomic mass is 19.1. The number of esters is 1. The summed E-state index contributed by atoms with van der Waals surface area (Å²) in [6.45, 7) is -0.716. The molecule has 0 saturated heterocycles. The van der Waals surface area contributed by atoms with Crippen LogP contribution in [-0.4, -0.2) is 42.9 Å². The van der Waals surface area contributed by atoms with Gasteiger partial charge in [0.2, 0.25) is 0 Å². The van der Waals surface area contributed by atoms with Gasteiger partial charge in [-0.1, -0.05) is 6.07 Å². The second-order valence-corrected chi connectivity index (χ2v) is 7.17. The van der Waals surface area contributed by atoms with Gasteiger partial charge in [-0.2, -0.15) is 0 Å². The molecular formula is C22H21F2N3O5. The predicted molar refractivity (Wildman–Crippen MR) is 110 cm³/mol. The number of ether oxygens (including phenoxy) is 1. The summed E-state index contributed by atoms with van der Waals surface area (Å²) >= 11 is 0. The number of hydrogen-bond donors (Lipinski definition) is 3. The zero-order valence-electron chi connectivity index (χ0n) is 17.0. The summed E-state index contributed by atoms with van der Waals surface area (Å²) in [5.41, 5.74) is 0.426. The lowest BCUT2D eigenvalue weighted by Gasteiger charge is -2.09. The summed E-state index contributed by atoms with van der Waals surface area (Å²) in [5, 5.41) is 7.69. The lowest BCUT2D eigenvalue weighted by Crippen LogP contribution is -2.28. The Hall–Kier alpha value is -3.82. The number of halogens is 2. The van der Waals surface area contributed by atoms with Crippen LogP contribution < -0.4 is 16.0 Å². The normalized spacial score (nSPS) is 12.6. The van der Waals surface area contributed by atoms with E-state index in [0.717, 1.165) is 25.0 Å². The van der Waals surface area contributed by atoms with E-state index in [9.17, 15) is 28.0 Å². The first-order valence-electron chi connectivity index (χ1n) is 9.91. The van der Waals surface area contributed by atoms with Crippen molar-refractivity contribution in [3.05, 3.63) is 65.2 Å². The molecule has 3 rings (SSSR count). The molecule has 1 fully saturated rings. The van der Waals surface area contributed by atoms with Crippen LogP contribution in [0.4, 0.5) is 14.5 Å². The molecular weight excluding hydrogens is 424 g/mol. The Morgan fingerprint density at radius 1 is 1.00 bits per heavy atom. The topological polar surface area (TPSA) is 114 Å². The minimum atomic E-state index is -1.02. The largest absolute Gasteiger partial charge is 0.456 e. The molecule has 0 spiro atoms. The van der Waals surface area contributed by atoms with Crippen molar-refractivity contribution in [3.8, 4) is 0 Å². The molecule has 1 aliphatic rings. The maximum atomic E-state index is 13.5. The number of nitrogens with one attached hydrogen (secondary N) is 3. The molecule has 2 aromatic rings. The Balaban J connectivity index is 1.37. The third-order valence-corrected chi connectivity index (χ3v) is 4.48. The number of carbonyl (C=O) groups excluding carboxylic acids is 4. The number of anilines is 1. The van der Waals surface area contributed by atoms with Crippen molar-refractivity contribution in [1.82, 2.24) is 10.6 Å². The second-order valence-electron chi connectivity index (χ2n) is 7.17. The third kappa shape index (κ3) is 6.86. The molecule has 0 bridgehead atoms. The molecule has 1 saturated carbocycles. The van der Waals surface area contributed by atoms with E-state index in [1.54, 1.807) is 18.2 Å². The molecule has 0 aliphatic heterocycles. The van der Waals surface area contributed by atoms with E-state index in [1.165, 1.54) is 6.07 Å². The van der Waals surface area contributed by atoms with Crippen molar-refractivity contribution >= 4 is 29.4 Å². The summed E-state index contributed by atoms with van der Waals surface area (Å²) in [4.78, 5) is 47.6. The van der Waals surface area contributed by atoms with E-state index in [-0.39, 0.29) is 30.5 Å². The summed E-state index contributed by atoms with van der Waals surface area (Å²) in [6, 6.07) is 9.08. The molecule has 10 heteroatoms. The van der Waals surface area contributed by atoms with Crippen molar-refractivity contribution in [2.45, 2.75) is 25.3 Å². The zero-order chi connectivity index (χ0) is 23.1. The van der Waals surface area contributed by atoms with Crippen LogP contribution in [0.15, 0.2) is 42.5 Å². The van der Waals surface area contributed by atoms with Crippen LogP contribution >= 0.6 is 0 Å². The quantitative estimate of drug-likeness (QED) is 0.512. The van der Waals surface area contributed by atoms with Gasteiger partial charge in [-0.25, -0.2) is 8.78 Å². The molecule has 0 aromatic heterocycles. The first-order valence-corrected chi connectivity index (χ1v) is 9.91. The molecule has 3 N–H and O–H groups in total. The van der Waals surface area contributed by atoms with Crippen LogP contribution in [0.2, 0.25) is 0 Å². The molecule has 3 amide bonds. The molecule has 2 aromatic carbocycles. The van der Waals surface area contributed by atoms with Crippen molar-refractivity contribution in [2.24, 2.45) is 0 Å². The van der Waals surface area contributed by atoms with E-state index in [0.29, 0.717) is 17.3 Å². The molecule has 0 unspecified atom stereocenters. The molecule has 0 atom stereocenters. The van der Waals surface area contributed by atoms with Gasteiger partial charge >= 0.3 is 5.97 Å². The van der Waals surface area contributed by atoms with Gasteiger partial charge in [-0.15, -0.1) is 0 Å². The van der Waals surface area contributed by atoms with Gasteiger partial charge in [-0.05, 0) is 43.2 Å². The highest BCUT2D eigenvalue weighted by molar-refractivity contribution is 5.98. The summed E-state index contributed by atoms with van der Waals surface area (Å²) < 4.78 is 31.3. The van der Waals surface area contributed by atoms with Crippen LogP contribution in [0.25, 0.3) is 0 Å². The number of rotatable bonds is 9. The second kappa shape index (κ2) is 10.5. The maximum Gasteiger partial charge on any atom is 0.308 e. The first kappa shape index (κ1) is 22.9. The van der Waals surface area contributed by atoms with Crippen molar-refractivity contribution in [3.63, 3.8) is 0 Å². The Labute approximate surface area is 182 Å². The Bertz CT molecular complexity index is 1040. The van der Waals surface area contributed by atoms with Gasteiger partial charge in [0.25, 0.3) is 17.7 Å². The van der Waals surface area contributed by atoms with Gasteiger partial charge in [0, 0.05) is 29.9 Å². The number of amides is 3. The van der Waals surface area contributed by atoms with Gasteiger partial charge < -0.3 is 20.7 Å². The Morgan fingerprint density at radius 2 is 1.78 bits per heavy atom. The Kier molecular flexibility index (Phi) is 7.48. The average molecular weight is 445 g/mol. The summed E-state index contributed by atoms with van der Waals surface area (Å²) in [5.74, 6) is -4.21. The Morgan fingerprint density at radius 3 is 2.50 bits per heavy atom. The molecule has 168 valence electrons. The molecule has 0 radical (unpaired) electrons. The lowest BCUT2D eigenvalue weighted by molar-refractivity contribution is -0.147. The molecule has 0 heterocycles. The van der Waals surface area contributed by atoms with Gasteiger partial charge in [0.05, 0.1) is 12.0 Å². The molecule has 1 aliphatic carbocycles. The van der Waals surface area contributed by atoms with E-state index in [4.69, 9.17) is 4.74 Å². The fourth-order valence-electron chi connectivity index (χ4n) is 2.70. The van der Waals surface area contributed by atoms with Crippen molar-refractivity contribution in [1.29, 1.82) is 0 Å². The van der Waals surface area contributed by atoms with Crippen molar-refractivity contribution < 1.29 is 32.7 Å². The number of hydrogen-bond acceptors (Lipinski definition) is 5. The van der Waals surface area contributed by atoms with E-state index < -0.39 is 36.0 Å². The van der Waals surface area contributed by atoms with E-state index >= 15 is 0 Å². The number of benzene rings is 2. The minimum absolute atomic E-state index is 0.158.